The second-order valence-corrected chi connectivity index (χ2v) is 4.04. The third-order valence-corrected chi connectivity index (χ3v) is 2.74. The van der Waals surface area contributed by atoms with Gasteiger partial charge in [0.2, 0.25) is 0 Å². The van der Waals surface area contributed by atoms with Crippen molar-refractivity contribution < 1.29 is 0 Å². The van der Waals surface area contributed by atoms with Crippen LogP contribution in [0.25, 0.3) is 0 Å². The van der Waals surface area contributed by atoms with Gasteiger partial charge >= 0.3 is 0 Å². The van der Waals surface area contributed by atoms with Crippen molar-refractivity contribution in [3.05, 3.63) is 66.0 Å². The number of nitriles is 1. The number of benzene rings is 1. The van der Waals surface area contributed by atoms with Gasteiger partial charge in [0, 0.05) is 19.3 Å². The Labute approximate surface area is 107 Å². The largest absolute Gasteiger partial charge is 0.310 e. The van der Waals surface area contributed by atoms with Crippen LogP contribution in [0.4, 0.5) is 0 Å². The number of aromatic nitrogens is 1. The molecule has 1 heterocycles. The molecule has 0 bridgehead atoms. The van der Waals surface area contributed by atoms with Crippen LogP contribution in [0.3, 0.4) is 0 Å². The highest BCUT2D eigenvalue weighted by atomic mass is 14.9. The van der Waals surface area contributed by atoms with Crippen LogP contribution in [0.15, 0.2) is 54.7 Å². The van der Waals surface area contributed by atoms with Gasteiger partial charge in [0.1, 0.15) is 0 Å². The topological polar surface area (TPSA) is 48.7 Å². The number of nitrogens with one attached hydrogen (secondary N) is 1. The molecule has 3 nitrogen and oxygen atoms in total. The summed E-state index contributed by atoms with van der Waals surface area (Å²) in [6, 6.07) is 18.0. The molecule has 2 rings (SSSR count). The van der Waals surface area contributed by atoms with E-state index < -0.39 is 0 Å². The zero-order valence-electron chi connectivity index (χ0n) is 10.1. The fraction of sp³-hybridized carbons (Fsp3) is 0.200. The highest BCUT2D eigenvalue weighted by Crippen LogP contribution is 2.13. The van der Waals surface area contributed by atoms with E-state index in [2.05, 4.69) is 16.4 Å². The number of hydrogen-bond donors (Lipinski definition) is 1. The van der Waals surface area contributed by atoms with Gasteiger partial charge in [0.25, 0.3) is 0 Å². The van der Waals surface area contributed by atoms with Crippen molar-refractivity contribution in [2.24, 2.45) is 0 Å². The zero-order valence-corrected chi connectivity index (χ0v) is 10.1. The Hall–Kier alpha value is -2.18. The summed E-state index contributed by atoms with van der Waals surface area (Å²) in [5.41, 5.74) is 2.04. The first-order chi connectivity index (χ1) is 8.90. The molecule has 0 aliphatic rings. The molecule has 1 atom stereocenters. The Morgan fingerprint density at radius 3 is 2.56 bits per heavy atom. The van der Waals surface area contributed by atoms with Gasteiger partial charge in [-0.3, -0.25) is 4.98 Å². The van der Waals surface area contributed by atoms with Crippen molar-refractivity contribution in [3.8, 4) is 6.07 Å². The van der Waals surface area contributed by atoms with Crippen molar-refractivity contribution in [1.29, 1.82) is 5.26 Å². The minimum absolute atomic E-state index is 0.116. The summed E-state index contributed by atoms with van der Waals surface area (Å²) in [4.78, 5) is 4.23. The molecule has 1 unspecified atom stereocenters. The van der Waals surface area contributed by atoms with E-state index >= 15 is 0 Å². The predicted octanol–water partition coefficient (Wildman–Crippen LogP) is 2.48. The first kappa shape index (κ1) is 12.3. The number of nitrogens with zero attached hydrogens (tertiary/aromatic N) is 2. The minimum atomic E-state index is -0.116. The summed E-state index contributed by atoms with van der Waals surface area (Å²) in [6.07, 6.45) is 1.77. The predicted molar refractivity (Wildman–Crippen MR) is 70.7 cm³/mol. The van der Waals surface area contributed by atoms with Gasteiger partial charge in [-0.2, -0.15) is 5.26 Å². The van der Waals surface area contributed by atoms with Crippen molar-refractivity contribution >= 4 is 0 Å². The molecule has 2 aromatic rings. The molecule has 18 heavy (non-hydrogen) atoms. The van der Waals surface area contributed by atoms with Gasteiger partial charge in [-0.05, 0) is 17.7 Å². The lowest BCUT2D eigenvalue weighted by Crippen LogP contribution is -2.20. The Morgan fingerprint density at radius 2 is 1.89 bits per heavy atom. The Kier molecular flexibility index (Phi) is 4.46. The van der Waals surface area contributed by atoms with Crippen LogP contribution in [0.5, 0.6) is 0 Å². The Morgan fingerprint density at radius 1 is 1.11 bits per heavy atom. The SMILES string of the molecule is N#CC(CNCc1ccccn1)c1ccccc1. The van der Waals surface area contributed by atoms with E-state index in [1.54, 1.807) is 6.20 Å². The third-order valence-electron chi connectivity index (χ3n) is 2.74. The molecule has 0 spiro atoms. The fourth-order valence-electron chi connectivity index (χ4n) is 1.77. The van der Waals surface area contributed by atoms with Crippen LogP contribution in [0.2, 0.25) is 0 Å². The smallest absolute Gasteiger partial charge is 0.0837 e. The van der Waals surface area contributed by atoms with Crippen molar-refractivity contribution in [2.45, 2.75) is 12.5 Å². The summed E-state index contributed by atoms with van der Waals surface area (Å²) >= 11 is 0. The highest BCUT2D eigenvalue weighted by molar-refractivity contribution is 5.25. The molecule has 3 heteroatoms. The number of rotatable bonds is 5. The van der Waals surface area contributed by atoms with Gasteiger partial charge in [-0.1, -0.05) is 36.4 Å². The molecule has 1 aromatic heterocycles. The van der Waals surface area contributed by atoms with Gasteiger partial charge in [-0.25, -0.2) is 0 Å². The van der Waals surface area contributed by atoms with Crippen molar-refractivity contribution in [2.75, 3.05) is 6.54 Å². The van der Waals surface area contributed by atoms with Crippen LogP contribution < -0.4 is 5.32 Å². The molecule has 0 aliphatic heterocycles. The molecule has 0 amide bonds. The van der Waals surface area contributed by atoms with Crippen LogP contribution in [0.1, 0.15) is 17.2 Å². The van der Waals surface area contributed by atoms with E-state index in [4.69, 9.17) is 0 Å². The Bertz CT molecular complexity index is 502. The molecular formula is C15H15N3. The monoisotopic (exact) mass is 237 g/mol. The third kappa shape index (κ3) is 3.41. The molecular weight excluding hydrogens is 222 g/mol. The average Bonchev–Trinajstić information content (AvgIpc) is 2.46. The standard InChI is InChI=1S/C15H15N3/c16-10-14(13-6-2-1-3-7-13)11-17-12-15-8-4-5-9-18-15/h1-9,14,17H,11-12H2. The molecule has 0 saturated carbocycles. The zero-order chi connectivity index (χ0) is 12.6. The summed E-state index contributed by atoms with van der Waals surface area (Å²) in [6.45, 7) is 1.32. The first-order valence-electron chi connectivity index (χ1n) is 5.95. The van der Waals surface area contributed by atoms with Crippen LogP contribution in [0, 0.1) is 11.3 Å². The van der Waals surface area contributed by atoms with Crippen LogP contribution >= 0.6 is 0 Å². The molecule has 1 N–H and O–H groups in total. The van der Waals surface area contributed by atoms with Crippen molar-refractivity contribution in [1.82, 2.24) is 10.3 Å². The maximum Gasteiger partial charge on any atom is 0.0837 e. The maximum absolute atomic E-state index is 9.17. The lowest BCUT2D eigenvalue weighted by molar-refractivity contribution is 0.643. The molecule has 1 aromatic carbocycles. The number of hydrogen-bond acceptors (Lipinski definition) is 3. The van der Waals surface area contributed by atoms with Gasteiger partial charge in [-0.15, -0.1) is 0 Å². The molecule has 0 saturated heterocycles. The quantitative estimate of drug-likeness (QED) is 0.869. The minimum Gasteiger partial charge on any atom is -0.310 e. The highest BCUT2D eigenvalue weighted by Gasteiger charge is 2.09. The molecule has 90 valence electrons. The normalized spacial score (nSPS) is 11.7. The summed E-state index contributed by atoms with van der Waals surface area (Å²) in [5, 5.41) is 12.4. The summed E-state index contributed by atoms with van der Waals surface area (Å²) in [7, 11) is 0. The Balaban J connectivity index is 1.88. The first-order valence-corrected chi connectivity index (χ1v) is 5.95. The second kappa shape index (κ2) is 6.53. The molecule has 0 fully saturated rings. The summed E-state index contributed by atoms with van der Waals surface area (Å²) in [5.74, 6) is -0.116. The van der Waals surface area contributed by atoms with Gasteiger partial charge in [0.15, 0.2) is 0 Å². The van der Waals surface area contributed by atoms with E-state index in [0.717, 1.165) is 11.3 Å². The van der Waals surface area contributed by atoms with E-state index in [0.29, 0.717) is 13.1 Å². The summed E-state index contributed by atoms with van der Waals surface area (Å²) < 4.78 is 0. The fourth-order valence-corrected chi connectivity index (χ4v) is 1.77. The van der Waals surface area contributed by atoms with E-state index in [9.17, 15) is 5.26 Å². The average molecular weight is 237 g/mol. The van der Waals surface area contributed by atoms with Gasteiger partial charge < -0.3 is 5.32 Å². The lowest BCUT2D eigenvalue weighted by atomic mass is 10.0. The van der Waals surface area contributed by atoms with E-state index in [-0.39, 0.29) is 5.92 Å². The van der Waals surface area contributed by atoms with E-state index in [1.807, 2.05) is 48.5 Å². The van der Waals surface area contributed by atoms with Crippen molar-refractivity contribution in [3.63, 3.8) is 0 Å². The van der Waals surface area contributed by atoms with Crippen LogP contribution in [-0.2, 0) is 6.54 Å². The lowest BCUT2D eigenvalue weighted by Gasteiger charge is -2.10. The number of pyridine rings is 1. The van der Waals surface area contributed by atoms with Gasteiger partial charge in [0.05, 0.1) is 17.7 Å². The molecule has 0 radical (unpaired) electrons. The van der Waals surface area contributed by atoms with E-state index in [1.165, 1.54) is 0 Å². The molecule has 0 aliphatic carbocycles. The van der Waals surface area contributed by atoms with Crippen LogP contribution in [-0.4, -0.2) is 11.5 Å². The maximum atomic E-state index is 9.17. The second-order valence-electron chi connectivity index (χ2n) is 4.04.